The first-order valence-corrected chi connectivity index (χ1v) is 8.01. The number of hydrogen-bond acceptors (Lipinski definition) is 5. The number of nitrogens with zero attached hydrogens (tertiary/aromatic N) is 3. The summed E-state index contributed by atoms with van der Waals surface area (Å²) < 4.78 is 25.2. The van der Waals surface area contributed by atoms with E-state index in [0.29, 0.717) is 10.9 Å². The van der Waals surface area contributed by atoms with Crippen LogP contribution in [0.25, 0.3) is 10.9 Å². The quantitative estimate of drug-likeness (QED) is 0.615. The van der Waals surface area contributed by atoms with Crippen LogP contribution in [0.2, 0.25) is 0 Å². The van der Waals surface area contributed by atoms with Crippen molar-refractivity contribution < 1.29 is 13.3 Å². The minimum Gasteiger partial charge on any atom is -0.264 e. The van der Waals surface area contributed by atoms with Gasteiger partial charge in [-0.3, -0.25) is 14.8 Å². The van der Waals surface area contributed by atoms with E-state index in [1.165, 1.54) is 16.9 Å². The molecule has 0 saturated heterocycles. The predicted octanol–water partition coefficient (Wildman–Crippen LogP) is 1.52. The van der Waals surface area contributed by atoms with Crippen LogP contribution in [-0.2, 0) is 16.4 Å². The monoisotopic (exact) mass is 295 g/mol. The maximum atomic E-state index is 11.8. The molecule has 1 aromatic heterocycles. The number of rotatable bonds is 5. The molecule has 1 aromatic carbocycles. The Labute approximate surface area is 115 Å². The number of aromatic nitrogens is 2. The van der Waals surface area contributed by atoms with Gasteiger partial charge in [-0.15, -0.1) is 0 Å². The molecular formula is C12H13N3O4S. The maximum absolute atomic E-state index is 11.8. The van der Waals surface area contributed by atoms with Crippen molar-refractivity contribution in [3.8, 4) is 0 Å². The summed E-state index contributed by atoms with van der Waals surface area (Å²) in [5.41, 5.74) is 0.573. The molecule has 0 N–H and O–H groups in total. The van der Waals surface area contributed by atoms with Crippen molar-refractivity contribution in [2.24, 2.45) is 0 Å². The number of hydrogen-bond donors (Lipinski definition) is 0. The largest absolute Gasteiger partial charge is 0.280 e. The highest BCUT2D eigenvalue weighted by Crippen LogP contribution is 2.29. The summed E-state index contributed by atoms with van der Waals surface area (Å²) in [5, 5.41) is 15.2. The maximum Gasteiger partial charge on any atom is 0.280 e. The standard InChI is InChI=1S/C12H13N3O4S/c16-15(17)12-3-1-2-11-10(12)8-13-14(11)6-7-20(18,19)9-4-5-9/h1-3,8-9H,4-7H2. The number of non-ortho nitro benzene ring substituents is 1. The molecule has 0 bridgehead atoms. The first-order valence-electron chi connectivity index (χ1n) is 6.29. The van der Waals surface area contributed by atoms with E-state index in [9.17, 15) is 18.5 Å². The third-order valence-electron chi connectivity index (χ3n) is 3.48. The van der Waals surface area contributed by atoms with Crippen LogP contribution < -0.4 is 0 Å². The second kappa shape index (κ2) is 4.55. The Kier molecular flexibility index (Phi) is 2.97. The first kappa shape index (κ1) is 13.0. The molecular weight excluding hydrogens is 282 g/mol. The molecule has 2 aromatic rings. The fourth-order valence-corrected chi connectivity index (χ4v) is 3.85. The Hall–Kier alpha value is -1.96. The van der Waals surface area contributed by atoms with Crippen LogP contribution in [0.15, 0.2) is 24.4 Å². The molecule has 0 aliphatic heterocycles. The molecule has 0 unspecified atom stereocenters. The van der Waals surface area contributed by atoms with Crippen molar-refractivity contribution in [2.45, 2.75) is 24.6 Å². The Bertz CT molecular complexity index is 777. The zero-order chi connectivity index (χ0) is 14.3. The van der Waals surface area contributed by atoms with E-state index >= 15 is 0 Å². The van der Waals surface area contributed by atoms with Gasteiger partial charge in [0, 0.05) is 6.07 Å². The predicted molar refractivity (Wildman–Crippen MR) is 73.2 cm³/mol. The lowest BCUT2D eigenvalue weighted by Crippen LogP contribution is -2.17. The summed E-state index contributed by atoms with van der Waals surface area (Å²) in [6.45, 7) is 0.226. The second-order valence-corrected chi connectivity index (χ2v) is 7.30. The molecule has 0 amide bonds. The van der Waals surface area contributed by atoms with Crippen molar-refractivity contribution in [1.82, 2.24) is 9.78 Å². The van der Waals surface area contributed by atoms with Gasteiger partial charge in [-0.05, 0) is 18.9 Å². The van der Waals surface area contributed by atoms with Gasteiger partial charge in [-0.2, -0.15) is 5.10 Å². The van der Waals surface area contributed by atoms with Gasteiger partial charge in [0.25, 0.3) is 5.69 Å². The van der Waals surface area contributed by atoms with Gasteiger partial charge in [0.05, 0.1) is 39.6 Å². The number of sulfone groups is 1. The number of nitro groups is 1. The Morgan fingerprint density at radius 2 is 2.15 bits per heavy atom. The van der Waals surface area contributed by atoms with Crippen LogP contribution in [0.4, 0.5) is 5.69 Å². The van der Waals surface area contributed by atoms with Crippen LogP contribution >= 0.6 is 0 Å². The van der Waals surface area contributed by atoms with Crippen molar-refractivity contribution in [3.63, 3.8) is 0 Å². The summed E-state index contributed by atoms with van der Waals surface area (Å²) in [6.07, 6.45) is 2.90. The average Bonchev–Trinajstić information content (AvgIpc) is 3.18. The fourth-order valence-electron chi connectivity index (χ4n) is 2.23. The van der Waals surface area contributed by atoms with Crippen LogP contribution in [0.1, 0.15) is 12.8 Å². The van der Waals surface area contributed by atoms with Crippen LogP contribution in [0, 0.1) is 10.1 Å². The SMILES string of the molecule is O=[N+]([O-])c1cccc2c1cnn2CCS(=O)(=O)C1CC1. The number of fused-ring (bicyclic) bond motifs is 1. The molecule has 0 spiro atoms. The lowest BCUT2D eigenvalue weighted by Gasteiger charge is -2.04. The van der Waals surface area contributed by atoms with Gasteiger partial charge in [-0.25, -0.2) is 8.42 Å². The Balaban J connectivity index is 1.89. The number of aryl methyl sites for hydroxylation is 1. The molecule has 1 aliphatic carbocycles. The first-order chi connectivity index (χ1) is 9.49. The highest BCUT2D eigenvalue weighted by Gasteiger charge is 2.35. The molecule has 3 rings (SSSR count). The average molecular weight is 295 g/mol. The van der Waals surface area contributed by atoms with E-state index in [0.717, 1.165) is 12.8 Å². The molecule has 0 atom stereocenters. The van der Waals surface area contributed by atoms with Crippen molar-refractivity contribution in [3.05, 3.63) is 34.5 Å². The summed E-state index contributed by atoms with van der Waals surface area (Å²) in [4.78, 5) is 10.4. The summed E-state index contributed by atoms with van der Waals surface area (Å²) >= 11 is 0. The molecule has 20 heavy (non-hydrogen) atoms. The van der Waals surface area contributed by atoms with E-state index in [1.807, 2.05) is 0 Å². The van der Waals surface area contributed by atoms with Crippen LogP contribution in [0.5, 0.6) is 0 Å². The van der Waals surface area contributed by atoms with Gasteiger partial charge in [0.15, 0.2) is 9.84 Å². The van der Waals surface area contributed by atoms with E-state index in [4.69, 9.17) is 0 Å². The lowest BCUT2D eigenvalue weighted by molar-refractivity contribution is -0.383. The minimum atomic E-state index is -3.05. The van der Waals surface area contributed by atoms with Gasteiger partial charge >= 0.3 is 0 Å². The number of nitro benzene ring substituents is 1. The fraction of sp³-hybridized carbons (Fsp3) is 0.417. The molecule has 1 aliphatic rings. The van der Waals surface area contributed by atoms with Gasteiger partial charge in [0.1, 0.15) is 0 Å². The third kappa shape index (κ3) is 2.26. The Morgan fingerprint density at radius 3 is 2.80 bits per heavy atom. The van der Waals surface area contributed by atoms with Crippen molar-refractivity contribution >= 4 is 26.4 Å². The summed E-state index contributed by atoms with van der Waals surface area (Å²) in [6, 6.07) is 4.70. The second-order valence-electron chi connectivity index (χ2n) is 4.90. The van der Waals surface area contributed by atoms with E-state index in [2.05, 4.69) is 5.10 Å². The Morgan fingerprint density at radius 1 is 1.40 bits per heavy atom. The van der Waals surface area contributed by atoms with Gasteiger partial charge in [0.2, 0.25) is 0 Å². The highest BCUT2D eigenvalue weighted by atomic mass is 32.2. The summed E-state index contributed by atoms with van der Waals surface area (Å²) in [5.74, 6) is 0.0249. The molecule has 8 heteroatoms. The highest BCUT2D eigenvalue weighted by molar-refractivity contribution is 7.92. The smallest absolute Gasteiger partial charge is 0.264 e. The van der Waals surface area contributed by atoms with Crippen LogP contribution in [0.3, 0.4) is 0 Å². The molecule has 1 heterocycles. The van der Waals surface area contributed by atoms with Crippen molar-refractivity contribution in [1.29, 1.82) is 0 Å². The summed E-state index contributed by atoms with van der Waals surface area (Å²) in [7, 11) is -3.05. The van der Waals surface area contributed by atoms with Crippen LogP contribution in [-0.4, -0.2) is 34.1 Å². The van der Waals surface area contributed by atoms with E-state index in [1.54, 1.807) is 12.1 Å². The van der Waals surface area contributed by atoms with Gasteiger partial charge in [-0.1, -0.05) is 6.07 Å². The normalized spacial score (nSPS) is 15.6. The zero-order valence-corrected chi connectivity index (χ0v) is 11.4. The van der Waals surface area contributed by atoms with Gasteiger partial charge < -0.3 is 0 Å². The number of benzene rings is 1. The zero-order valence-electron chi connectivity index (χ0n) is 10.6. The van der Waals surface area contributed by atoms with Crippen molar-refractivity contribution in [2.75, 3.05) is 5.75 Å². The van der Waals surface area contributed by atoms with E-state index in [-0.39, 0.29) is 23.2 Å². The molecule has 1 saturated carbocycles. The lowest BCUT2D eigenvalue weighted by atomic mass is 10.2. The van der Waals surface area contributed by atoms with E-state index < -0.39 is 14.8 Å². The topological polar surface area (TPSA) is 95.1 Å². The molecule has 106 valence electrons. The molecule has 0 radical (unpaired) electrons. The molecule has 1 fully saturated rings. The third-order valence-corrected chi connectivity index (χ3v) is 5.72. The minimum absolute atomic E-state index is 0.0150. The molecule has 7 nitrogen and oxygen atoms in total.